The molecule has 0 unspecified atom stereocenters. The van der Waals surface area contributed by atoms with Crippen molar-refractivity contribution >= 4 is 11.5 Å². The summed E-state index contributed by atoms with van der Waals surface area (Å²) in [4.78, 5) is 26.1. The number of pyridine rings is 2. The molecule has 7 nitrogen and oxygen atoms in total. The van der Waals surface area contributed by atoms with E-state index in [0.29, 0.717) is 0 Å². The second kappa shape index (κ2) is 5.96. The molecule has 2 heterocycles. The summed E-state index contributed by atoms with van der Waals surface area (Å²) < 4.78 is 1.29. The van der Waals surface area contributed by atoms with Crippen LogP contribution in [0.25, 0.3) is 0 Å². The Morgan fingerprint density at radius 2 is 2.20 bits per heavy atom. The van der Waals surface area contributed by atoms with Crippen molar-refractivity contribution < 1.29 is 4.92 Å². The zero-order valence-electron chi connectivity index (χ0n) is 10.9. The van der Waals surface area contributed by atoms with Gasteiger partial charge in [0.1, 0.15) is 5.82 Å². The van der Waals surface area contributed by atoms with Crippen LogP contribution in [-0.2, 0) is 6.54 Å². The third-order valence-electron chi connectivity index (χ3n) is 2.73. The van der Waals surface area contributed by atoms with Crippen LogP contribution in [0.2, 0.25) is 0 Å². The van der Waals surface area contributed by atoms with Crippen molar-refractivity contribution in [2.75, 3.05) is 11.9 Å². The second-order valence-corrected chi connectivity index (χ2v) is 4.17. The molecule has 0 fully saturated rings. The Labute approximate surface area is 115 Å². The Bertz CT molecular complexity index is 664. The number of nitrogens with one attached hydrogen (secondary N) is 1. The molecule has 0 atom stereocenters. The highest BCUT2D eigenvalue weighted by Gasteiger charge is 2.13. The smallest absolute Gasteiger partial charge is 0.334 e. The van der Waals surface area contributed by atoms with Gasteiger partial charge in [-0.15, -0.1) is 0 Å². The molecule has 0 aromatic carbocycles. The van der Waals surface area contributed by atoms with Crippen molar-refractivity contribution in [1.29, 1.82) is 0 Å². The van der Waals surface area contributed by atoms with Crippen LogP contribution in [0, 0.1) is 10.1 Å². The van der Waals surface area contributed by atoms with Crippen LogP contribution in [0.15, 0.2) is 41.5 Å². The zero-order valence-corrected chi connectivity index (χ0v) is 10.9. The van der Waals surface area contributed by atoms with Crippen molar-refractivity contribution in [2.24, 2.45) is 0 Å². The average Bonchev–Trinajstić information content (AvgIpc) is 2.43. The van der Waals surface area contributed by atoms with E-state index in [-0.39, 0.29) is 6.54 Å². The van der Waals surface area contributed by atoms with E-state index in [9.17, 15) is 14.9 Å². The van der Waals surface area contributed by atoms with Gasteiger partial charge in [0, 0.05) is 25.0 Å². The fourth-order valence-electron chi connectivity index (χ4n) is 1.79. The quantitative estimate of drug-likeness (QED) is 0.661. The van der Waals surface area contributed by atoms with Crippen molar-refractivity contribution in [3.8, 4) is 0 Å². The summed E-state index contributed by atoms with van der Waals surface area (Å²) in [5.74, 6) is 0.752. The molecule has 0 aliphatic heterocycles. The van der Waals surface area contributed by atoms with Crippen molar-refractivity contribution in [2.45, 2.75) is 13.5 Å². The number of aromatic nitrogens is 2. The lowest BCUT2D eigenvalue weighted by molar-refractivity contribution is -0.386. The molecule has 1 N–H and O–H groups in total. The highest BCUT2D eigenvalue weighted by molar-refractivity contribution is 5.35. The van der Waals surface area contributed by atoms with Gasteiger partial charge in [0.05, 0.1) is 11.5 Å². The molecule has 0 saturated heterocycles. The van der Waals surface area contributed by atoms with Crippen molar-refractivity contribution in [1.82, 2.24) is 9.55 Å². The Morgan fingerprint density at radius 3 is 2.80 bits per heavy atom. The van der Waals surface area contributed by atoms with E-state index >= 15 is 0 Å². The maximum Gasteiger partial charge on any atom is 0.334 e. The minimum atomic E-state index is -0.675. The SMILES string of the molecule is CCNc1ccc(Cn2cccc([N+](=O)[O-])c2=O)cn1. The summed E-state index contributed by atoms with van der Waals surface area (Å²) in [6.07, 6.45) is 3.16. The summed E-state index contributed by atoms with van der Waals surface area (Å²) in [6.45, 7) is 2.99. The van der Waals surface area contributed by atoms with Crippen LogP contribution in [-0.4, -0.2) is 21.0 Å². The molecule has 20 heavy (non-hydrogen) atoms. The van der Waals surface area contributed by atoms with Gasteiger partial charge in [-0.3, -0.25) is 14.9 Å². The van der Waals surface area contributed by atoms with Gasteiger partial charge in [0.25, 0.3) is 0 Å². The van der Waals surface area contributed by atoms with Crippen LogP contribution in [0.3, 0.4) is 0 Å². The van der Waals surface area contributed by atoms with Crippen LogP contribution in [0.1, 0.15) is 12.5 Å². The van der Waals surface area contributed by atoms with Crippen molar-refractivity contribution in [3.05, 3.63) is 62.7 Å². The Hall–Kier alpha value is -2.70. The van der Waals surface area contributed by atoms with E-state index in [2.05, 4.69) is 10.3 Å². The predicted molar refractivity (Wildman–Crippen MR) is 74.9 cm³/mol. The summed E-state index contributed by atoms with van der Waals surface area (Å²) in [7, 11) is 0. The first-order valence-electron chi connectivity index (χ1n) is 6.14. The van der Waals surface area contributed by atoms with Gasteiger partial charge in [0.2, 0.25) is 0 Å². The van der Waals surface area contributed by atoms with Crippen LogP contribution < -0.4 is 10.9 Å². The maximum absolute atomic E-state index is 11.9. The predicted octanol–water partition coefficient (Wildman–Crippen LogP) is 1.63. The van der Waals surface area contributed by atoms with Gasteiger partial charge in [-0.1, -0.05) is 6.07 Å². The summed E-state index contributed by atoms with van der Waals surface area (Å²) in [5.41, 5.74) is -0.243. The van der Waals surface area contributed by atoms with Gasteiger partial charge < -0.3 is 9.88 Å². The monoisotopic (exact) mass is 274 g/mol. The number of nitro groups is 1. The summed E-state index contributed by atoms with van der Waals surface area (Å²) in [6, 6.07) is 6.32. The lowest BCUT2D eigenvalue weighted by Crippen LogP contribution is -2.22. The Kier molecular flexibility index (Phi) is 4.09. The minimum absolute atomic E-state index is 0.250. The molecule has 7 heteroatoms. The lowest BCUT2D eigenvalue weighted by Gasteiger charge is -2.06. The van der Waals surface area contributed by atoms with Gasteiger partial charge in [-0.2, -0.15) is 0 Å². The molecule has 0 saturated carbocycles. The fourth-order valence-corrected chi connectivity index (χ4v) is 1.79. The topological polar surface area (TPSA) is 90.1 Å². The molecule has 2 aromatic rings. The molecule has 0 radical (unpaired) electrons. The lowest BCUT2D eigenvalue weighted by atomic mass is 10.2. The molecule has 0 bridgehead atoms. The van der Waals surface area contributed by atoms with E-state index in [1.54, 1.807) is 12.3 Å². The third-order valence-corrected chi connectivity index (χ3v) is 2.73. The first-order valence-corrected chi connectivity index (χ1v) is 6.14. The maximum atomic E-state index is 11.9. The second-order valence-electron chi connectivity index (χ2n) is 4.17. The highest BCUT2D eigenvalue weighted by Crippen LogP contribution is 2.07. The third kappa shape index (κ3) is 3.00. The Balaban J connectivity index is 2.24. The molecule has 0 aliphatic rings. The molecule has 0 amide bonds. The van der Waals surface area contributed by atoms with E-state index in [1.165, 1.54) is 22.9 Å². The number of nitrogens with zero attached hydrogens (tertiary/aromatic N) is 3. The van der Waals surface area contributed by atoms with Crippen LogP contribution in [0.5, 0.6) is 0 Å². The van der Waals surface area contributed by atoms with Crippen LogP contribution >= 0.6 is 0 Å². The first-order chi connectivity index (χ1) is 9.61. The van der Waals surface area contributed by atoms with Gasteiger partial charge >= 0.3 is 11.2 Å². The number of hydrogen-bond acceptors (Lipinski definition) is 5. The molecule has 2 rings (SSSR count). The fraction of sp³-hybridized carbons (Fsp3) is 0.231. The largest absolute Gasteiger partial charge is 0.370 e. The van der Waals surface area contributed by atoms with E-state index in [0.717, 1.165) is 17.9 Å². The highest BCUT2D eigenvalue weighted by atomic mass is 16.6. The van der Waals surface area contributed by atoms with E-state index in [4.69, 9.17) is 0 Å². The molecule has 2 aromatic heterocycles. The van der Waals surface area contributed by atoms with Crippen molar-refractivity contribution in [3.63, 3.8) is 0 Å². The standard InChI is InChI=1S/C13H14N4O3/c1-2-14-12-6-5-10(8-15-12)9-16-7-3-4-11(13(16)18)17(19)20/h3-8H,2,9H2,1H3,(H,14,15). The number of hydrogen-bond donors (Lipinski definition) is 1. The normalized spacial score (nSPS) is 10.2. The minimum Gasteiger partial charge on any atom is -0.370 e. The summed E-state index contributed by atoms with van der Waals surface area (Å²) in [5, 5.41) is 13.8. The molecular formula is C13H14N4O3. The van der Waals surface area contributed by atoms with Crippen LogP contribution in [0.4, 0.5) is 11.5 Å². The van der Waals surface area contributed by atoms with Gasteiger partial charge in [-0.25, -0.2) is 4.98 Å². The number of rotatable bonds is 5. The molecule has 0 aliphatic carbocycles. The summed E-state index contributed by atoms with van der Waals surface area (Å²) >= 11 is 0. The van der Waals surface area contributed by atoms with Gasteiger partial charge in [-0.05, 0) is 24.6 Å². The number of anilines is 1. The van der Waals surface area contributed by atoms with E-state index in [1.807, 2.05) is 13.0 Å². The average molecular weight is 274 g/mol. The van der Waals surface area contributed by atoms with E-state index < -0.39 is 16.2 Å². The van der Waals surface area contributed by atoms with Gasteiger partial charge in [0.15, 0.2) is 0 Å². The molecular weight excluding hydrogens is 260 g/mol. The zero-order chi connectivity index (χ0) is 14.5. The Morgan fingerprint density at radius 1 is 1.40 bits per heavy atom. The molecule has 104 valence electrons. The first kappa shape index (κ1) is 13.7. The molecule has 0 spiro atoms.